The van der Waals surface area contributed by atoms with Crippen LogP contribution in [-0.2, 0) is 16.1 Å². The van der Waals surface area contributed by atoms with E-state index in [2.05, 4.69) is 22.4 Å². The van der Waals surface area contributed by atoms with Gasteiger partial charge in [-0.25, -0.2) is 4.98 Å². The molecule has 2 aromatic rings. The van der Waals surface area contributed by atoms with Gasteiger partial charge in [-0.2, -0.15) is 0 Å². The highest BCUT2D eigenvalue weighted by atomic mass is 32.1. The van der Waals surface area contributed by atoms with E-state index in [4.69, 9.17) is 4.98 Å². The fourth-order valence-electron chi connectivity index (χ4n) is 4.45. The average molecular weight is 441 g/mol. The number of piperazine rings is 1. The molecule has 2 aliphatic rings. The molecule has 4 rings (SSSR count). The van der Waals surface area contributed by atoms with E-state index in [1.165, 1.54) is 0 Å². The zero-order valence-electron chi connectivity index (χ0n) is 18.3. The van der Waals surface area contributed by atoms with Gasteiger partial charge in [0.15, 0.2) is 0 Å². The lowest BCUT2D eigenvalue weighted by atomic mass is 9.94. The Kier molecular flexibility index (Phi) is 7.35. The molecule has 3 heterocycles. The predicted molar refractivity (Wildman–Crippen MR) is 124 cm³/mol. The third kappa shape index (κ3) is 5.52. The monoisotopic (exact) mass is 440 g/mol. The van der Waals surface area contributed by atoms with Crippen LogP contribution < -0.4 is 0 Å². The van der Waals surface area contributed by atoms with E-state index in [9.17, 15) is 9.59 Å². The summed E-state index contributed by atoms with van der Waals surface area (Å²) in [5.41, 5.74) is 2.27. The molecule has 0 atom stereocenters. The molecule has 2 amide bonds. The summed E-state index contributed by atoms with van der Waals surface area (Å²) in [6.07, 6.45) is 3.11. The molecular weight excluding hydrogens is 408 g/mol. The van der Waals surface area contributed by atoms with Gasteiger partial charge in [0.1, 0.15) is 5.01 Å². The van der Waals surface area contributed by atoms with Gasteiger partial charge in [0, 0.05) is 69.1 Å². The first-order valence-electron chi connectivity index (χ1n) is 11.4. The molecule has 0 bridgehead atoms. The highest BCUT2D eigenvalue weighted by molar-refractivity contribution is 7.13. The summed E-state index contributed by atoms with van der Waals surface area (Å²) in [5, 5.41) is 3.21. The first-order valence-corrected chi connectivity index (χ1v) is 12.3. The fraction of sp³-hybridized carbons (Fsp3) is 0.542. The molecule has 31 heavy (non-hydrogen) atoms. The van der Waals surface area contributed by atoms with Crippen molar-refractivity contribution >= 4 is 23.2 Å². The fourth-order valence-corrected chi connectivity index (χ4v) is 5.27. The van der Waals surface area contributed by atoms with Crippen molar-refractivity contribution in [3.8, 4) is 10.6 Å². The smallest absolute Gasteiger partial charge is 0.225 e. The van der Waals surface area contributed by atoms with Crippen molar-refractivity contribution in [1.29, 1.82) is 0 Å². The Hall–Kier alpha value is -2.25. The number of piperidine rings is 1. The Morgan fingerprint density at radius 1 is 1.00 bits per heavy atom. The Bertz CT molecular complexity index is 869. The number of likely N-dealkylation sites (tertiary alicyclic amines) is 1. The Balaban J connectivity index is 1.22. The maximum Gasteiger partial charge on any atom is 0.225 e. The molecule has 166 valence electrons. The SMILES string of the molecule is CCCC(=O)N1CCC(C(=O)N2CCN(Cc3csc(-c4ccccc4)n3)CC2)CC1. The normalized spacial score (nSPS) is 18.4. The summed E-state index contributed by atoms with van der Waals surface area (Å²) in [6.45, 7) is 7.65. The van der Waals surface area contributed by atoms with E-state index >= 15 is 0 Å². The van der Waals surface area contributed by atoms with Crippen LogP contribution in [0.3, 0.4) is 0 Å². The van der Waals surface area contributed by atoms with Crippen molar-refractivity contribution in [3.63, 3.8) is 0 Å². The van der Waals surface area contributed by atoms with Crippen molar-refractivity contribution in [2.45, 2.75) is 39.2 Å². The molecule has 7 heteroatoms. The summed E-state index contributed by atoms with van der Waals surface area (Å²) < 4.78 is 0. The van der Waals surface area contributed by atoms with Crippen LogP contribution in [0.2, 0.25) is 0 Å². The molecule has 2 aliphatic heterocycles. The number of nitrogens with zero attached hydrogens (tertiary/aromatic N) is 4. The number of carbonyl (C=O) groups excluding carboxylic acids is 2. The van der Waals surface area contributed by atoms with Crippen LogP contribution in [0.1, 0.15) is 38.3 Å². The number of hydrogen-bond donors (Lipinski definition) is 0. The summed E-state index contributed by atoms with van der Waals surface area (Å²) >= 11 is 1.69. The standard InChI is InChI=1S/C24H32N4O2S/c1-2-6-22(29)27-11-9-20(10-12-27)24(30)28-15-13-26(14-16-28)17-21-18-31-23(25-21)19-7-4-3-5-8-19/h3-5,7-8,18,20H,2,6,9-17H2,1H3. The molecule has 0 spiro atoms. The van der Waals surface area contributed by atoms with E-state index in [0.29, 0.717) is 6.42 Å². The third-order valence-electron chi connectivity index (χ3n) is 6.30. The van der Waals surface area contributed by atoms with Gasteiger partial charge in [0.05, 0.1) is 5.69 Å². The Morgan fingerprint density at radius 2 is 1.71 bits per heavy atom. The van der Waals surface area contributed by atoms with Gasteiger partial charge in [-0.15, -0.1) is 11.3 Å². The quantitative estimate of drug-likeness (QED) is 0.690. The lowest BCUT2D eigenvalue weighted by molar-refractivity contribution is -0.142. The second kappa shape index (κ2) is 10.4. The van der Waals surface area contributed by atoms with Gasteiger partial charge >= 0.3 is 0 Å². The average Bonchev–Trinajstić information content (AvgIpc) is 3.28. The number of benzene rings is 1. The molecule has 0 saturated carbocycles. The maximum absolute atomic E-state index is 13.0. The van der Waals surface area contributed by atoms with Crippen molar-refractivity contribution in [2.24, 2.45) is 5.92 Å². The molecular formula is C24H32N4O2S. The minimum atomic E-state index is 0.0733. The summed E-state index contributed by atoms with van der Waals surface area (Å²) in [6, 6.07) is 10.3. The number of rotatable bonds is 6. The van der Waals surface area contributed by atoms with E-state index in [1.54, 1.807) is 11.3 Å². The second-order valence-electron chi connectivity index (χ2n) is 8.52. The first kappa shape index (κ1) is 22.0. The predicted octanol–water partition coefficient (Wildman–Crippen LogP) is 3.49. The number of aromatic nitrogens is 1. The van der Waals surface area contributed by atoms with Gasteiger partial charge in [-0.3, -0.25) is 14.5 Å². The number of thiazole rings is 1. The summed E-state index contributed by atoms with van der Waals surface area (Å²) in [5.74, 6) is 0.589. The highest BCUT2D eigenvalue weighted by Crippen LogP contribution is 2.25. The van der Waals surface area contributed by atoms with Crippen LogP contribution in [-0.4, -0.2) is 70.8 Å². The van der Waals surface area contributed by atoms with Gasteiger partial charge in [-0.05, 0) is 19.3 Å². The maximum atomic E-state index is 13.0. The van der Waals surface area contributed by atoms with Crippen molar-refractivity contribution < 1.29 is 9.59 Å². The van der Waals surface area contributed by atoms with E-state index in [-0.39, 0.29) is 17.7 Å². The van der Waals surface area contributed by atoms with E-state index in [0.717, 1.165) is 81.3 Å². The number of amides is 2. The van der Waals surface area contributed by atoms with Crippen LogP contribution in [0.5, 0.6) is 0 Å². The van der Waals surface area contributed by atoms with E-state index < -0.39 is 0 Å². The lowest BCUT2D eigenvalue weighted by Gasteiger charge is -2.38. The van der Waals surface area contributed by atoms with Crippen molar-refractivity contribution in [3.05, 3.63) is 41.4 Å². The summed E-state index contributed by atoms with van der Waals surface area (Å²) in [4.78, 5) is 36.2. The van der Waals surface area contributed by atoms with Crippen LogP contribution in [0.25, 0.3) is 10.6 Å². The summed E-state index contributed by atoms with van der Waals surface area (Å²) in [7, 11) is 0. The minimum Gasteiger partial charge on any atom is -0.343 e. The molecule has 1 aromatic carbocycles. The van der Waals surface area contributed by atoms with Crippen LogP contribution >= 0.6 is 11.3 Å². The first-order chi connectivity index (χ1) is 15.1. The molecule has 2 fully saturated rings. The van der Waals surface area contributed by atoms with Crippen LogP contribution in [0.15, 0.2) is 35.7 Å². The highest BCUT2D eigenvalue weighted by Gasteiger charge is 2.31. The molecule has 1 aromatic heterocycles. The van der Waals surface area contributed by atoms with Crippen LogP contribution in [0.4, 0.5) is 0 Å². The number of hydrogen-bond acceptors (Lipinski definition) is 5. The lowest BCUT2D eigenvalue weighted by Crippen LogP contribution is -2.51. The number of carbonyl (C=O) groups is 2. The Labute approximate surface area is 188 Å². The molecule has 2 saturated heterocycles. The van der Waals surface area contributed by atoms with Gasteiger partial charge in [0.25, 0.3) is 0 Å². The second-order valence-corrected chi connectivity index (χ2v) is 9.37. The van der Waals surface area contributed by atoms with Crippen molar-refractivity contribution in [1.82, 2.24) is 19.7 Å². The van der Waals surface area contributed by atoms with Crippen LogP contribution in [0, 0.1) is 5.92 Å². The molecule has 0 unspecified atom stereocenters. The third-order valence-corrected chi connectivity index (χ3v) is 7.24. The zero-order chi connectivity index (χ0) is 21.6. The Morgan fingerprint density at radius 3 is 2.39 bits per heavy atom. The van der Waals surface area contributed by atoms with E-state index in [1.807, 2.05) is 34.9 Å². The molecule has 6 nitrogen and oxygen atoms in total. The van der Waals surface area contributed by atoms with Gasteiger partial charge < -0.3 is 9.80 Å². The zero-order valence-corrected chi connectivity index (χ0v) is 19.1. The van der Waals surface area contributed by atoms with Crippen molar-refractivity contribution in [2.75, 3.05) is 39.3 Å². The molecule has 0 radical (unpaired) electrons. The van der Waals surface area contributed by atoms with Gasteiger partial charge in [0.2, 0.25) is 11.8 Å². The molecule has 0 aliphatic carbocycles. The largest absolute Gasteiger partial charge is 0.343 e. The van der Waals surface area contributed by atoms with Gasteiger partial charge in [-0.1, -0.05) is 37.3 Å². The minimum absolute atomic E-state index is 0.0733. The topological polar surface area (TPSA) is 56.8 Å². The molecule has 0 N–H and O–H groups in total.